The highest BCUT2D eigenvalue weighted by atomic mass is 19.2. The molecule has 0 atom stereocenters. The number of aromatic hydroxyl groups is 1. The number of halogens is 3. The van der Waals surface area contributed by atoms with Crippen LogP contribution in [-0.4, -0.2) is 11.7 Å². The number of ether oxygens (including phenoxy) is 1. The minimum absolute atomic E-state index is 0.112. The lowest BCUT2D eigenvalue weighted by Gasteiger charge is -2.10. The van der Waals surface area contributed by atoms with Crippen molar-refractivity contribution in [3.8, 4) is 22.6 Å². The number of rotatable bonds is 3. The average molecular weight is 268 g/mol. The first kappa shape index (κ1) is 13.3. The SMILES string of the molecule is CCOc1ccc(-c2cccc(F)c2O)c(F)c1F. The summed E-state index contributed by atoms with van der Waals surface area (Å²) in [5.74, 6) is -4.19. The molecule has 0 aliphatic heterocycles. The van der Waals surface area contributed by atoms with Crippen LogP contribution in [0.5, 0.6) is 11.5 Å². The summed E-state index contributed by atoms with van der Waals surface area (Å²) in [6.45, 7) is 1.84. The van der Waals surface area contributed by atoms with Crippen LogP contribution in [-0.2, 0) is 0 Å². The number of hydrogen-bond acceptors (Lipinski definition) is 2. The van der Waals surface area contributed by atoms with Crippen molar-refractivity contribution < 1.29 is 23.0 Å². The molecule has 0 radical (unpaired) electrons. The Balaban J connectivity index is 2.58. The van der Waals surface area contributed by atoms with Gasteiger partial charge in [0, 0.05) is 11.1 Å². The predicted molar refractivity (Wildman–Crippen MR) is 64.6 cm³/mol. The van der Waals surface area contributed by atoms with E-state index < -0.39 is 23.2 Å². The zero-order chi connectivity index (χ0) is 14.0. The molecular formula is C14H11F3O2. The van der Waals surface area contributed by atoms with Gasteiger partial charge in [0.25, 0.3) is 0 Å². The highest BCUT2D eigenvalue weighted by Gasteiger charge is 2.18. The lowest BCUT2D eigenvalue weighted by Crippen LogP contribution is -1.98. The Morgan fingerprint density at radius 3 is 2.42 bits per heavy atom. The first-order valence-electron chi connectivity index (χ1n) is 5.65. The van der Waals surface area contributed by atoms with Crippen LogP contribution < -0.4 is 4.74 Å². The summed E-state index contributed by atoms with van der Waals surface area (Å²) in [5, 5.41) is 9.54. The van der Waals surface area contributed by atoms with E-state index in [1.54, 1.807) is 6.92 Å². The largest absolute Gasteiger partial charge is 0.504 e. The quantitative estimate of drug-likeness (QED) is 0.915. The summed E-state index contributed by atoms with van der Waals surface area (Å²) in [4.78, 5) is 0. The fraction of sp³-hybridized carbons (Fsp3) is 0.143. The first-order valence-corrected chi connectivity index (χ1v) is 5.65. The molecule has 0 heterocycles. The van der Waals surface area contributed by atoms with Gasteiger partial charge in [0.2, 0.25) is 5.82 Å². The Hall–Kier alpha value is -2.17. The Morgan fingerprint density at radius 1 is 1.00 bits per heavy atom. The second kappa shape index (κ2) is 5.22. The molecule has 2 nitrogen and oxygen atoms in total. The number of phenols is 1. The minimum Gasteiger partial charge on any atom is -0.504 e. The van der Waals surface area contributed by atoms with Crippen LogP contribution >= 0.6 is 0 Å². The number of phenolic OH excluding ortho intramolecular Hbond substituents is 1. The number of para-hydroxylation sites is 1. The maximum atomic E-state index is 13.9. The van der Waals surface area contributed by atoms with Gasteiger partial charge in [-0.15, -0.1) is 0 Å². The van der Waals surface area contributed by atoms with E-state index in [1.165, 1.54) is 24.3 Å². The molecule has 0 aliphatic carbocycles. The molecule has 0 spiro atoms. The lowest BCUT2D eigenvalue weighted by atomic mass is 10.0. The molecule has 0 unspecified atom stereocenters. The second-order valence-corrected chi connectivity index (χ2v) is 3.81. The van der Waals surface area contributed by atoms with Crippen molar-refractivity contribution in [1.29, 1.82) is 0 Å². The van der Waals surface area contributed by atoms with E-state index >= 15 is 0 Å². The fourth-order valence-electron chi connectivity index (χ4n) is 1.74. The van der Waals surface area contributed by atoms with Crippen molar-refractivity contribution in [3.05, 3.63) is 47.8 Å². The predicted octanol–water partition coefficient (Wildman–Crippen LogP) is 3.88. The van der Waals surface area contributed by atoms with Crippen LogP contribution in [0.25, 0.3) is 11.1 Å². The summed E-state index contributed by atoms with van der Waals surface area (Å²) >= 11 is 0. The van der Waals surface area contributed by atoms with Crippen LogP contribution in [0, 0.1) is 17.5 Å². The molecule has 19 heavy (non-hydrogen) atoms. The van der Waals surface area contributed by atoms with Gasteiger partial charge < -0.3 is 9.84 Å². The third-order valence-corrected chi connectivity index (χ3v) is 2.62. The summed E-state index contributed by atoms with van der Waals surface area (Å²) in [6.07, 6.45) is 0. The lowest BCUT2D eigenvalue weighted by molar-refractivity contribution is 0.314. The zero-order valence-corrected chi connectivity index (χ0v) is 10.1. The van der Waals surface area contributed by atoms with Crippen molar-refractivity contribution in [1.82, 2.24) is 0 Å². The van der Waals surface area contributed by atoms with Gasteiger partial charge in [-0.3, -0.25) is 0 Å². The van der Waals surface area contributed by atoms with Crippen molar-refractivity contribution >= 4 is 0 Å². The summed E-state index contributed by atoms with van der Waals surface area (Å²) in [7, 11) is 0. The van der Waals surface area contributed by atoms with E-state index in [1.807, 2.05) is 0 Å². The first-order chi connectivity index (χ1) is 9.06. The Labute approximate surface area is 108 Å². The van der Waals surface area contributed by atoms with Crippen LogP contribution in [0.15, 0.2) is 30.3 Å². The van der Waals surface area contributed by atoms with E-state index in [-0.39, 0.29) is 23.5 Å². The molecule has 0 aliphatic rings. The van der Waals surface area contributed by atoms with Gasteiger partial charge in [0.05, 0.1) is 6.61 Å². The summed E-state index contributed by atoms with van der Waals surface area (Å²) < 4.78 is 45.7. The highest BCUT2D eigenvalue weighted by Crippen LogP contribution is 2.35. The molecule has 2 rings (SSSR count). The fourth-order valence-corrected chi connectivity index (χ4v) is 1.74. The average Bonchev–Trinajstić information content (AvgIpc) is 2.39. The van der Waals surface area contributed by atoms with Gasteiger partial charge >= 0.3 is 0 Å². The third-order valence-electron chi connectivity index (χ3n) is 2.62. The van der Waals surface area contributed by atoms with Gasteiger partial charge in [-0.25, -0.2) is 8.78 Å². The van der Waals surface area contributed by atoms with Gasteiger partial charge in [0.1, 0.15) is 0 Å². The van der Waals surface area contributed by atoms with Gasteiger partial charge in [-0.2, -0.15) is 4.39 Å². The maximum absolute atomic E-state index is 13.9. The van der Waals surface area contributed by atoms with Crippen molar-refractivity contribution in [2.45, 2.75) is 6.92 Å². The third kappa shape index (κ3) is 2.36. The Bertz CT molecular complexity index is 612. The molecule has 1 N–H and O–H groups in total. The van der Waals surface area contributed by atoms with E-state index in [2.05, 4.69) is 0 Å². The number of hydrogen-bond donors (Lipinski definition) is 1. The summed E-state index contributed by atoms with van der Waals surface area (Å²) in [5.41, 5.74) is -0.336. The van der Waals surface area contributed by atoms with E-state index in [9.17, 15) is 18.3 Å². The van der Waals surface area contributed by atoms with Crippen molar-refractivity contribution in [2.24, 2.45) is 0 Å². The Morgan fingerprint density at radius 2 is 1.74 bits per heavy atom. The topological polar surface area (TPSA) is 29.5 Å². The van der Waals surface area contributed by atoms with E-state index in [0.717, 1.165) is 6.07 Å². The van der Waals surface area contributed by atoms with E-state index in [0.29, 0.717) is 0 Å². The highest BCUT2D eigenvalue weighted by molar-refractivity contribution is 5.71. The molecule has 100 valence electrons. The molecule has 0 saturated heterocycles. The molecular weight excluding hydrogens is 257 g/mol. The normalized spacial score (nSPS) is 10.5. The van der Waals surface area contributed by atoms with Crippen molar-refractivity contribution in [3.63, 3.8) is 0 Å². The molecule has 0 fully saturated rings. The molecule has 0 amide bonds. The van der Waals surface area contributed by atoms with Crippen molar-refractivity contribution in [2.75, 3.05) is 6.61 Å². The molecule has 2 aromatic rings. The molecule has 0 aromatic heterocycles. The van der Waals surface area contributed by atoms with Crippen LogP contribution in [0.4, 0.5) is 13.2 Å². The summed E-state index contributed by atoms with van der Waals surface area (Å²) in [6, 6.07) is 6.11. The van der Waals surface area contributed by atoms with Gasteiger partial charge in [-0.05, 0) is 25.1 Å². The smallest absolute Gasteiger partial charge is 0.201 e. The molecule has 5 heteroatoms. The van der Waals surface area contributed by atoms with Crippen LogP contribution in [0.2, 0.25) is 0 Å². The van der Waals surface area contributed by atoms with E-state index in [4.69, 9.17) is 4.74 Å². The standard InChI is InChI=1S/C14H11F3O2/c1-2-19-11-7-6-8(12(16)13(11)17)9-4-3-5-10(15)14(9)18/h3-7,18H,2H2,1H3. The number of benzene rings is 2. The maximum Gasteiger partial charge on any atom is 0.201 e. The monoisotopic (exact) mass is 268 g/mol. The Kier molecular flexibility index (Phi) is 3.64. The van der Waals surface area contributed by atoms with Crippen LogP contribution in [0.1, 0.15) is 6.92 Å². The zero-order valence-electron chi connectivity index (χ0n) is 10.1. The molecule has 0 saturated carbocycles. The van der Waals surface area contributed by atoms with Gasteiger partial charge in [-0.1, -0.05) is 12.1 Å². The molecule has 0 bridgehead atoms. The van der Waals surface area contributed by atoms with Gasteiger partial charge in [0.15, 0.2) is 23.1 Å². The molecule has 2 aromatic carbocycles. The second-order valence-electron chi connectivity index (χ2n) is 3.81. The minimum atomic E-state index is -1.19. The van der Waals surface area contributed by atoms with Crippen LogP contribution in [0.3, 0.4) is 0 Å².